The lowest BCUT2D eigenvalue weighted by molar-refractivity contribution is -0.141. The van der Waals surface area contributed by atoms with Crippen molar-refractivity contribution in [2.24, 2.45) is 11.8 Å². The summed E-state index contributed by atoms with van der Waals surface area (Å²) in [6.07, 6.45) is 4.07. The molecule has 3 amide bonds. The Hall–Kier alpha value is -3.61. The van der Waals surface area contributed by atoms with Crippen LogP contribution >= 0.6 is 0 Å². The predicted octanol–water partition coefficient (Wildman–Crippen LogP) is 4.72. The average molecular weight is 488 g/mol. The molecule has 2 aliphatic heterocycles. The first-order chi connectivity index (χ1) is 17.5. The molecular weight excluding hydrogens is 454 g/mol. The number of rotatable bonds is 5. The molecular formula is C29H33N3O4. The van der Waals surface area contributed by atoms with Crippen molar-refractivity contribution in [2.75, 3.05) is 31.5 Å². The van der Waals surface area contributed by atoms with Gasteiger partial charge in [0, 0.05) is 43.2 Å². The van der Waals surface area contributed by atoms with Gasteiger partial charge in [0.2, 0.25) is 11.8 Å². The molecule has 1 N–H and O–H groups in total. The summed E-state index contributed by atoms with van der Waals surface area (Å²) in [7, 11) is 0. The molecule has 2 aromatic carbocycles. The van der Waals surface area contributed by atoms with Crippen LogP contribution in [0.4, 0.5) is 5.69 Å². The van der Waals surface area contributed by atoms with Gasteiger partial charge in [-0.1, -0.05) is 37.3 Å². The molecule has 0 bridgehead atoms. The first-order valence-electron chi connectivity index (χ1n) is 12.9. The number of likely N-dealkylation sites (tertiary alicyclic amines) is 2. The summed E-state index contributed by atoms with van der Waals surface area (Å²) >= 11 is 0. The Labute approximate surface area is 211 Å². The summed E-state index contributed by atoms with van der Waals surface area (Å²) in [5.74, 6) is 0.905. The van der Waals surface area contributed by atoms with Gasteiger partial charge in [0.25, 0.3) is 5.91 Å². The molecule has 3 aromatic rings. The molecule has 2 aliphatic rings. The Balaban J connectivity index is 1.10. The van der Waals surface area contributed by atoms with E-state index in [1.807, 2.05) is 46.2 Å². The van der Waals surface area contributed by atoms with Crippen molar-refractivity contribution in [3.63, 3.8) is 0 Å². The Morgan fingerprint density at radius 1 is 0.944 bits per heavy atom. The first kappa shape index (κ1) is 24.1. The SMILES string of the molecule is CC1CCCN(C(=O)C2CCN(C(=O)Cc3ccc(NC(=O)c4cc5ccccc5o4)cc3)CC2)C1. The van der Waals surface area contributed by atoms with E-state index in [0.29, 0.717) is 36.7 Å². The van der Waals surface area contributed by atoms with E-state index >= 15 is 0 Å². The highest BCUT2D eigenvalue weighted by Gasteiger charge is 2.31. The number of carbonyl (C=O) groups excluding carboxylic acids is 3. The quantitative estimate of drug-likeness (QED) is 0.564. The van der Waals surface area contributed by atoms with Crippen LogP contribution in [-0.2, 0) is 16.0 Å². The molecule has 1 atom stereocenters. The molecule has 7 nitrogen and oxygen atoms in total. The molecule has 7 heteroatoms. The maximum absolute atomic E-state index is 12.9. The van der Waals surface area contributed by atoms with Crippen LogP contribution in [0, 0.1) is 11.8 Å². The van der Waals surface area contributed by atoms with Gasteiger partial charge in [-0.2, -0.15) is 0 Å². The standard InChI is InChI=1S/C29H33N3O4/c1-20-5-4-14-32(19-20)29(35)22-12-15-31(16-13-22)27(33)17-21-8-10-24(11-9-21)30-28(34)26-18-23-6-2-3-7-25(23)36-26/h2-3,6-11,18,20,22H,4-5,12-17,19H2,1H3,(H,30,34). The number of piperidine rings is 2. The molecule has 5 rings (SSSR count). The summed E-state index contributed by atoms with van der Waals surface area (Å²) in [6.45, 7) is 5.21. The van der Waals surface area contributed by atoms with Crippen LogP contribution in [0.3, 0.4) is 0 Å². The number of nitrogens with zero attached hydrogens (tertiary/aromatic N) is 2. The van der Waals surface area contributed by atoms with Gasteiger partial charge < -0.3 is 19.5 Å². The molecule has 2 saturated heterocycles. The Kier molecular flexibility index (Phi) is 7.07. The minimum Gasteiger partial charge on any atom is -0.451 e. The number of furan rings is 1. The Morgan fingerprint density at radius 3 is 2.42 bits per heavy atom. The third-order valence-electron chi connectivity index (χ3n) is 7.38. The van der Waals surface area contributed by atoms with E-state index in [2.05, 4.69) is 12.2 Å². The van der Waals surface area contributed by atoms with Crippen molar-refractivity contribution in [1.82, 2.24) is 9.80 Å². The number of nitrogens with one attached hydrogen (secondary N) is 1. The van der Waals surface area contributed by atoms with Crippen LogP contribution in [0.25, 0.3) is 11.0 Å². The van der Waals surface area contributed by atoms with Crippen LogP contribution < -0.4 is 5.32 Å². The smallest absolute Gasteiger partial charge is 0.291 e. The number of amides is 3. The monoisotopic (exact) mass is 487 g/mol. The van der Waals surface area contributed by atoms with E-state index in [0.717, 1.165) is 43.3 Å². The number of benzene rings is 2. The molecule has 36 heavy (non-hydrogen) atoms. The number of hydrogen-bond acceptors (Lipinski definition) is 4. The number of carbonyl (C=O) groups is 3. The summed E-state index contributed by atoms with van der Waals surface area (Å²) < 4.78 is 5.62. The summed E-state index contributed by atoms with van der Waals surface area (Å²) in [5.41, 5.74) is 2.20. The molecule has 0 saturated carbocycles. The number of anilines is 1. The fraction of sp³-hybridized carbons (Fsp3) is 0.414. The molecule has 0 aliphatic carbocycles. The third-order valence-corrected chi connectivity index (χ3v) is 7.38. The second-order valence-electron chi connectivity index (χ2n) is 10.2. The number of hydrogen-bond donors (Lipinski definition) is 1. The van der Waals surface area contributed by atoms with E-state index in [9.17, 15) is 14.4 Å². The van der Waals surface area contributed by atoms with E-state index in [4.69, 9.17) is 4.42 Å². The number of para-hydroxylation sites is 1. The Morgan fingerprint density at radius 2 is 1.69 bits per heavy atom. The van der Waals surface area contributed by atoms with E-state index in [-0.39, 0.29) is 29.4 Å². The second kappa shape index (κ2) is 10.6. The molecule has 1 aromatic heterocycles. The van der Waals surface area contributed by atoms with Crippen LogP contribution in [-0.4, -0.2) is 53.7 Å². The highest BCUT2D eigenvalue weighted by molar-refractivity contribution is 6.04. The topological polar surface area (TPSA) is 82.9 Å². The lowest BCUT2D eigenvalue weighted by Crippen LogP contribution is -2.47. The maximum atomic E-state index is 12.9. The lowest BCUT2D eigenvalue weighted by atomic mass is 9.92. The lowest BCUT2D eigenvalue weighted by Gasteiger charge is -2.37. The summed E-state index contributed by atoms with van der Waals surface area (Å²) in [4.78, 5) is 42.2. The maximum Gasteiger partial charge on any atom is 0.291 e. The molecule has 0 spiro atoms. The molecule has 0 radical (unpaired) electrons. The van der Waals surface area contributed by atoms with Gasteiger partial charge >= 0.3 is 0 Å². The highest BCUT2D eigenvalue weighted by Crippen LogP contribution is 2.24. The van der Waals surface area contributed by atoms with E-state index < -0.39 is 0 Å². The molecule has 188 valence electrons. The van der Waals surface area contributed by atoms with Crippen molar-refractivity contribution < 1.29 is 18.8 Å². The zero-order valence-corrected chi connectivity index (χ0v) is 20.7. The van der Waals surface area contributed by atoms with Gasteiger partial charge in [-0.15, -0.1) is 0 Å². The van der Waals surface area contributed by atoms with Gasteiger partial charge in [-0.05, 0) is 61.4 Å². The third kappa shape index (κ3) is 5.45. The number of fused-ring (bicyclic) bond motifs is 1. The minimum absolute atomic E-state index is 0.0361. The van der Waals surface area contributed by atoms with Crippen LogP contribution in [0.1, 0.15) is 48.7 Å². The van der Waals surface area contributed by atoms with Crippen molar-refractivity contribution in [2.45, 2.75) is 39.0 Å². The van der Waals surface area contributed by atoms with Crippen molar-refractivity contribution in [3.8, 4) is 0 Å². The highest BCUT2D eigenvalue weighted by atomic mass is 16.3. The zero-order chi connectivity index (χ0) is 25.1. The first-order valence-corrected chi connectivity index (χ1v) is 12.9. The summed E-state index contributed by atoms with van der Waals surface area (Å²) in [6, 6.07) is 16.5. The van der Waals surface area contributed by atoms with Gasteiger partial charge in [-0.3, -0.25) is 14.4 Å². The second-order valence-corrected chi connectivity index (χ2v) is 10.2. The fourth-order valence-corrected chi connectivity index (χ4v) is 5.30. The largest absolute Gasteiger partial charge is 0.451 e. The van der Waals surface area contributed by atoms with Gasteiger partial charge in [0.05, 0.1) is 6.42 Å². The Bertz CT molecular complexity index is 1210. The van der Waals surface area contributed by atoms with E-state index in [1.54, 1.807) is 18.2 Å². The van der Waals surface area contributed by atoms with Crippen LogP contribution in [0.15, 0.2) is 59.0 Å². The molecule has 1 unspecified atom stereocenters. The average Bonchev–Trinajstić information content (AvgIpc) is 3.34. The van der Waals surface area contributed by atoms with E-state index in [1.165, 1.54) is 6.42 Å². The minimum atomic E-state index is -0.313. The van der Waals surface area contributed by atoms with Crippen molar-refractivity contribution in [3.05, 3.63) is 65.9 Å². The van der Waals surface area contributed by atoms with Gasteiger partial charge in [0.1, 0.15) is 5.58 Å². The molecule has 3 heterocycles. The van der Waals surface area contributed by atoms with Gasteiger partial charge in [0.15, 0.2) is 5.76 Å². The van der Waals surface area contributed by atoms with Gasteiger partial charge in [-0.25, -0.2) is 0 Å². The zero-order valence-electron chi connectivity index (χ0n) is 20.7. The van der Waals surface area contributed by atoms with Crippen molar-refractivity contribution in [1.29, 1.82) is 0 Å². The van der Waals surface area contributed by atoms with Crippen molar-refractivity contribution >= 4 is 34.4 Å². The molecule has 2 fully saturated rings. The van der Waals surface area contributed by atoms with Crippen LogP contribution in [0.5, 0.6) is 0 Å². The van der Waals surface area contributed by atoms with Crippen LogP contribution in [0.2, 0.25) is 0 Å². The predicted molar refractivity (Wildman–Crippen MR) is 139 cm³/mol. The summed E-state index contributed by atoms with van der Waals surface area (Å²) in [5, 5.41) is 3.72. The normalized spacial score (nSPS) is 18.9. The fourth-order valence-electron chi connectivity index (χ4n) is 5.30.